The Morgan fingerprint density at radius 2 is 1.94 bits per heavy atom. The Bertz CT molecular complexity index is 537. The van der Waals surface area contributed by atoms with E-state index in [0.29, 0.717) is 12.8 Å². The number of aromatic carboxylic acids is 1. The molecule has 0 aromatic carbocycles. The zero-order chi connectivity index (χ0) is 13.2. The van der Waals surface area contributed by atoms with Gasteiger partial charge < -0.3 is 5.11 Å². The van der Waals surface area contributed by atoms with Crippen LogP contribution in [0.15, 0.2) is 15.8 Å². The number of hydrogen-bond acceptors (Lipinski definition) is 3. The van der Waals surface area contributed by atoms with E-state index in [4.69, 9.17) is 5.11 Å². The molecule has 0 fully saturated rings. The van der Waals surface area contributed by atoms with Crippen molar-refractivity contribution in [2.45, 2.75) is 39.2 Å². The number of aromatic nitrogens is 2. The highest BCUT2D eigenvalue weighted by Crippen LogP contribution is 2.21. The molecule has 0 spiro atoms. The Morgan fingerprint density at radius 1 is 1.41 bits per heavy atom. The molecule has 0 unspecified atom stereocenters. The first kappa shape index (κ1) is 13.2. The molecule has 0 aliphatic rings. The Morgan fingerprint density at radius 3 is 2.35 bits per heavy atom. The SMILES string of the molecule is CCC(C)(CC)n1cc(C(=O)O)c(=O)[nH]c1=O. The minimum atomic E-state index is -1.34. The number of H-pyrrole nitrogens is 1. The van der Waals surface area contributed by atoms with Crippen molar-refractivity contribution in [1.82, 2.24) is 9.55 Å². The molecule has 0 saturated carbocycles. The summed E-state index contributed by atoms with van der Waals surface area (Å²) in [6.07, 6.45) is 2.44. The highest BCUT2D eigenvalue weighted by atomic mass is 16.4. The van der Waals surface area contributed by atoms with Crippen LogP contribution in [0, 0.1) is 0 Å². The smallest absolute Gasteiger partial charge is 0.342 e. The normalized spacial score (nSPS) is 11.5. The summed E-state index contributed by atoms with van der Waals surface area (Å²) < 4.78 is 1.29. The van der Waals surface area contributed by atoms with Crippen molar-refractivity contribution in [3.63, 3.8) is 0 Å². The highest BCUT2D eigenvalue weighted by molar-refractivity contribution is 5.86. The number of hydrogen-bond donors (Lipinski definition) is 2. The lowest BCUT2D eigenvalue weighted by atomic mass is 9.95. The van der Waals surface area contributed by atoms with Crippen LogP contribution in [0.3, 0.4) is 0 Å². The van der Waals surface area contributed by atoms with Crippen LogP contribution >= 0.6 is 0 Å². The third kappa shape index (κ3) is 2.30. The summed E-state index contributed by atoms with van der Waals surface area (Å²) in [7, 11) is 0. The lowest BCUT2D eigenvalue weighted by Gasteiger charge is -2.29. The maximum Gasteiger partial charge on any atom is 0.342 e. The molecule has 0 amide bonds. The number of rotatable bonds is 4. The molecule has 17 heavy (non-hydrogen) atoms. The number of carboxylic acid groups (broad SMARTS) is 1. The first-order valence-electron chi connectivity index (χ1n) is 5.45. The largest absolute Gasteiger partial charge is 0.477 e. The second-order valence-corrected chi connectivity index (χ2v) is 4.18. The van der Waals surface area contributed by atoms with Gasteiger partial charge in [-0.1, -0.05) is 13.8 Å². The minimum absolute atomic E-state index is 0.419. The Kier molecular flexibility index (Phi) is 3.55. The monoisotopic (exact) mass is 240 g/mol. The number of carboxylic acids is 1. The molecule has 0 aliphatic heterocycles. The molecular formula is C11H16N2O4. The summed E-state index contributed by atoms with van der Waals surface area (Å²) in [5.74, 6) is -1.34. The van der Waals surface area contributed by atoms with Crippen LogP contribution in [0.25, 0.3) is 0 Å². The van der Waals surface area contributed by atoms with Crippen molar-refractivity contribution >= 4 is 5.97 Å². The van der Waals surface area contributed by atoms with E-state index in [-0.39, 0.29) is 0 Å². The third-order valence-electron chi connectivity index (χ3n) is 3.28. The molecule has 1 aromatic heterocycles. The predicted molar refractivity (Wildman–Crippen MR) is 62.5 cm³/mol. The average molecular weight is 240 g/mol. The molecule has 1 aromatic rings. The van der Waals surface area contributed by atoms with Crippen molar-refractivity contribution < 1.29 is 9.90 Å². The van der Waals surface area contributed by atoms with Crippen LogP contribution in [-0.2, 0) is 5.54 Å². The van der Waals surface area contributed by atoms with E-state index in [0.717, 1.165) is 6.20 Å². The third-order valence-corrected chi connectivity index (χ3v) is 3.28. The van der Waals surface area contributed by atoms with Gasteiger partial charge >= 0.3 is 11.7 Å². The van der Waals surface area contributed by atoms with Crippen molar-refractivity contribution in [3.05, 3.63) is 32.6 Å². The van der Waals surface area contributed by atoms with E-state index >= 15 is 0 Å². The zero-order valence-corrected chi connectivity index (χ0v) is 10.1. The maximum atomic E-state index is 11.7. The second kappa shape index (κ2) is 4.57. The van der Waals surface area contributed by atoms with Gasteiger partial charge in [0.25, 0.3) is 5.56 Å². The van der Waals surface area contributed by atoms with Crippen LogP contribution < -0.4 is 11.2 Å². The Hall–Kier alpha value is -1.85. The van der Waals surface area contributed by atoms with Gasteiger partial charge in [-0.25, -0.2) is 9.59 Å². The van der Waals surface area contributed by atoms with Crippen LogP contribution in [0.2, 0.25) is 0 Å². The summed E-state index contributed by atoms with van der Waals surface area (Å²) in [5, 5.41) is 8.86. The van der Waals surface area contributed by atoms with Crippen LogP contribution in [0.4, 0.5) is 0 Å². The number of nitrogens with zero attached hydrogens (tertiary/aromatic N) is 1. The summed E-state index contributed by atoms with van der Waals surface area (Å²) in [5.41, 5.74) is -2.36. The van der Waals surface area contributed by atoms with E-state index in [1.54, 1.807) is 0 Å². The lowest BCUT2D eigenvalue weighted by Crippen LogP contribution is -2.43. The average Bonchev–Trinajstić information content (AvgIpc) is 2.27. The summed E-state index contributed by atoms with van der Waals surface area (Å²) in [6.45, 7) is 5.65. The number of aromatic amines is 1. The van der Waals surface area contributed by atoms with E-state index in [1.807, 2.05) is 25.8 Å². The van der Waals surface area contributed by atoms with Crippen LogP contribution in [-0.4, -0.2) is 20.6 Å². The van der Waals surface area contributed by atoms with Crippen LogP contribution in [0.1, 0.15) is 44.0 Å². The first-order chi connectivity index (χ1) is 7.85. The van der Waals surface area contributed by atoms with Gasteiger partial charge in [-0.05, 0) is 19.8 Å². The molecule has 1 heterocycles. The van der Waals surface area contributed by atoms with E-state index in [9.17, 15) is 14.4 Å². The Labute approximate surface area is 97.9 Å². The molecule has 0 atom stereocenters. The minimum Gasteiger partial charge on any atom is -0.477 e. The molecule has 0 saturated heterocycles. The highest BCUT2D eigenvalue weighted by Gasteiger charge is 2.25. The van der Waals surface area contributed by atoms with E-state index in [1.165, 1.54) is 4.57 Å². The summed E-state index contributed by atoms with van der Waals surface area (Å²) >= 11 is 0. The van der Waals surface area contributed by atoms with Gasteiger partial charge in [0.1, 0.15) is 5.56 Å². The number of carbonyl (C=O) groups is 1. The fraction of sp³-hybridized carbons (Fsp3) is 0.545. The van der Waals surface area contributed by atoms with E-state index < -0.39 is 28.3 Å². The van der Waals surface area contributed by atoms with Gasteiger partial charge in [-0.15, -0.1) is 0 Å². The molecular weight excluding hydrogens is 224 g/mol. The van der Waals surface area contributed by atoms with Crippen molar-refractivity contribution in [1.29, 1.82) is 0 Å². The topological polar surface area (TPSA) is 92.2 Å². The predicted octanol–water partition coefficient (Wildman–Crippen LogP) is 0.770. The number of nitrogens with one attached hydrogen (secondary N) is 1. The molecule has 0 aliphatic carbocycles. The van der Waals surface area contributed by atoms with Crippen molar-refractivity contribution in [2.24, 2.45) is 0 Å². The molecule has 2 N–H and O–H groups in total. The van der Waals surface area contributed by atoms with E-state index in [2.05, 4.69) is 0 Å². The quantitative estimate of drug-likeness (QED) is 0.813. The fourth-order valence-electron chi connectivity index (χ4n) is 1.62. The first-order valence-corrected chi connectivity index (χ1v) is 5.45. The molecule has 1 rings (SSSR count). The molecule has 94 valence electrons. The van der Waals surface area contributed by atoms with Gasteiger partial charge in [-0.3, -0.25) is 14.3 Å². The van der Waals surface area contributed by atoms with Crippen molar-refractivity contribution in [2.75, 3.05) is 0 Å². The van der Waals surface area contributed by atoms with Crippen LogP contribution in [0.5, 0.6) is 0 Å². The van der Waals surface area contributed by atoms with Gasteiger partial charge in [0, 0.05) is 11.7 Å². The zero-order valence-electron chi connectivity index (χ0n) is 10.1. The summed E-state index contributed by atoms with van der Waals surface area (Å²) in [6, 6.07) is 0. The van der Waals surface area contributed by atoms with Gasteiger partial charge in [0.15, 0.2) is 0 Å². The lowest BCUT2D eigenvalue weighted by molar-refractivity contribution is 0.0692. The summed E-state index contributed by atoms with van der Waals surface area (Å²) in [4.78, 5) is 35.9. The molecule has 6 nitrogen and oxygen atoms in total. The Balaban J connectivity index is 3.55. The fourth-order valence-corrected chi connectivity index (χ4v) is 1.62. The van der Waals surface area contributed by atoms with Gasteiger partial charge in [0.05, 0.1) is 0 Å². The van der Waals surface area contributed by atoms with Gasteiger partial charge in [-0.2, -0.15) is 0 Å². The molecule has 0 radical (unpaired) electrons. The maximum absolute atomic E-state index is 11.7. The second-order valence-electron chi connectivity index (χ2n) is 4.18. The van der Waals surface area contributed by atoms with Gasteiger partial charge in [0.2, 0.25) is 0 Å². The molecule has 6 heteroatoms. The van der Waals surface area contributed by atoms with Crippen molar-refractivity contribution in [3.8, 4) is 0 Å². The molecule has 0 bridgehead atoms. The standard InChI is InChI=1S/C11H16N2O4/c1-4-11(3,5-2)13-6-7(9(15)16)8(14)12-10(13)17/h6H,4-5H2,1-3H3,(H,15,16)(H,12,14,17).